The molecule has 1 aromatic carbocycles. The maximum absolute atomic E-state index is 10.5. The Morgan fingerprint density at radius 2 is 2.10 bits per heavy atom. The highest BCUT2D eigenvalue weighted by Crippen LogP contribution is 2.19. The first-order valence-electron chi connectivity index (χ1n) is 6.76. The highest BCUT2D eigenvalue weighted by molar-refractivity contribution is 7.10. The molecule has 0 spiro atoms. The van der Waals surface area contributed by atoms with E-state index >= 15 is 0 Å². The predicted molar refractivity (Wildman–Crippen MR) is 87.3 cm³/mol. The van der Waals surface area contributed by atoms with E-state index in [1.807, 2.05) is 11.4 Å². The van der Waals surface area contributed by atoms with Gasteiger partial charge in [-0.1, -0.05) is 24.3 Å². The minimum Gasteiger partial charge on any atom is -0.478 e. The van der Waals surface area contributed by atoms with Crippen LogP contribution in [0.4, 0.5) is 0 Å². The number of hydrogen-bond acceptors (Lipinski definition) is 3. The molecule has 110 valence electrons. The van der Waals surface area contributed by atoms with Gasteiger partial charge in [-0.15, -0.1) is 11.3 Å². The molecule has 1 heterocycles. The molecule has 4 heteroatoms. The van der Waals surface area contributed by atoms with E-state index in [0.29, 0.717) is 0 Å². The summed E-state index contributed by atoms with van der Waals surface area (Å²) in [4.78, 5) is 14.0. The average molecular weight is 301 g/mol. The van der Waals surface area contributed by atoms with E-state index in [4.69, 9.17) is 5.11 Å². The lowest BCUT2D eigenvalue weighted by molar-refractivity contribution is -0.131. The number of benzene rings is 1. The van der Waals surface area contributed by atoms with E-state index in [0.717, 1.165) is 18.7 Å². The Balaban J connectivity index is 1.95. The van der Waals surface area contributed by atoms with Crippen LogP contribution in [0.25, 0.3) is 6.08 Å². The minimum absolute atomic E-state index is 0.861. The van der Waals surface area contributed by atoms with Crippen molar-refractivity contribution in [3.05, 3.63) is 63.4 Å². The van der Waals surface area contributed by atoms with Gasteiger partial charge in [-0.25, -0.2) is 4.79 Å². The lowest BCUT2D eigenvalue weighted by Crippen LogP contribution is -2.17. The lowest BCUT2D eigenvalue weighted by atomic mass is 10.1. The molecule has 3 nitrogen and oxygen atoms in total. The molecule has 0 amide bonds. The monoisotopic (exact) mass is 301 g/mol. The third kappa shape index (κ3) is 4.85. The van der Waals surface area contributed by atoms with Crippen LogP contribution in [0.15, 0.2) is 41.8 Å². The Labute approximate surface area is 129 Å². The molecule has 0 aliphatic heterocycles. The Hall–Kier alpha value is -1.91. The van der Waals surface area contributed by atoms with Crippen LogP contribution in [-0.2, 0) is 17.9 Å². The molecule has 0 saturated heterocycles. The van der Waals surface area contributed by atoms with Crippen molar-refractivity contribution in [2.75, 3.05) is 7.05 Å². The van der Waals surface area contributed by atoms with E-state index in [1.165, 1.54) is 22.1 Å². The van der Waals surface area contributed by atoms with Crippen molar-refractivity contribution in [3.8, 4) is 0 Å². The largest absolute Gasteiger partial charge is 0.478 e. The van der Waals surface area contributed by atoms with Crippen molar-refractivity contribution in [3.63, 3.8) is 0 Å². The molecule has 0 aliphatic rings. The van der Waals surface area contributed by atoms with Gasteiger partial charge in [0.05, 0.1) is 0 Å². The van der Waals surface area contributed by atoms with Crippen LogP contribution in [0.5, 0.6) is 0 Å². The summed E-state index contributed by atoms with van der Waals surface area (Å²) in [6.45, 7) is 3.90. The number of carboxylic acid groups (broad SMARTS) is 1. The maximum Gasteiger partial charge on any atom is 0.328 e. The first-order chi connectivity index (χ1) is 10.0. The summed E-state index contributed by atoms with van der Waals surface area (Å²) < 4.78 is 0. The third-order valence-corrected chi connectivity index (χ3v) is 4.16. The molecular formula is C17H19NO2S. The van der Waals surface area contributed by atoms with Crippen LogP contribution >= 0.6 is 11.3 Å². The van der Waals surface area contributed by atoms with E-state index < -0.39 is 5.97 Å². The van der Waals surface area contributed by atoms with E-state index in [1.54, 1.807) is 17.4 Å². The molecule has 2 rings (SSSR count). The molecule has 0 fully saturated rings. The molecule has 2 aromatic rings. The van der Waals surface area contributed by atoms with Crippen LogP contribution in [0, 0.1) is 6.92 Å². The Morgan fingerprint density at radius 1 is 1.33 bits per heavy atom. The van der Waals surface area contributed by atoms with Gasteiger partial charge >= 0.3 is 5.97 Å². The molecule has 1 aromatic heterocycles. The van der Waals surface area contributed by atoms with Crippen molar-refractivity contribution >= 4 is 23.4 Å². The van der Waals surface area contributed by atoms with E-state index in [9.17, 15) is 4.79 Å². The summed E-state index contributed by atoms with van der Waals surface area (Å²) in [6.07, 6.45) is 2.80. The van der Waals surface area contributed by atoms with Gasteiger partial charge in [-0.05, 0) is 48.2 Å². The van der Waals surface area contributed by atoms with Crippen LogP contribution < -0.4 is 0 Å². The van der Waals surface area contributed by atoms with Crippen LogP contribution in [0.3, 0.4) is 0 Å². The van der Waals surface area contributed by atoms with Crippen LogP contribution in [0.1, 0.15) is 21.6 Å². The molecule has 1 N–H and O–H groups in total. The van der Waals surface area contributed by atoms with Gasteiger partial charge in [0, 0.05) is 24.0 Å². The number of nitrogens with zero attached hydrogens (tertiary/aromatic N) is 1. The zero-order chi connectivity index (χ0) is 15.2. The van der Waals surface area contributed by atoms with Crippen molar-refractivity contribution in [1.29, 1.82) is 0 Å². The number of rotatable bonds is 6. The zero-order valence-electron chi connectivity index (χ0n) is 12.2. The Kier molecular flexibility index (Phi) is 5.31. The second kappa shape index (κ2) is 7.20. The second-order valence-corrected chi connectivity index (χ2v) is 6.11. The summed E-state index contributed by atoms with van der Waals surface area (Å²) in [5, 5.41) is 10.6. The summed E-state index contributed by atoms with van der Waals surface area (Å²) in [6, 6.07) is 10.4. The van der Waals surface area contributed by atoms with Crippen molar-refractivity contribution < 1.29 is 9.90 Å². The third-order valence-electron chi connectivity index (χ3n) is 3.22. The molecule has 21 heavy (non-hydrogen) atoms. The van der Waals surface area contributed by atoms with Crippen molar-refractivity contribution in [2.45, 2.75) is 20.0 Å². The van der Waals surface area contributed by atoms with E-state index in [-0.39, 0.29) is 0 Å². The Bertz CT molecular complexity index is 646. The summed E-state index contributed by atoms with van der Waals surface area (Å²) in [5.74, 6) is -0.917. The fourth-order valence-electron chi connectivity index (χ4n) is 2.14. The standard InChI is InChI=1S/C17H19NO2S/c1-13-5-3-4-6-15(13)10-18(2)11-16-9-14(12-21-16)7-8-17(19)20/h3-9,12H,10-11H2,1-2H3,(H,19,20). The smallest absolute Gasteiger partial charge is 0.328 e. The van der Waals surface area contributed by atoms with Gasteiger partial charge in [-0.3, -0.25) is 4.90 Å². The van der Waals surface area contributed by atoms with E-state index in [2.05, 4.69) is 43.1 Å². The minimum atomic E-state index is -0.917. The molecular weight excluding hydrogens is 282 g/mol. The molecule has 0 radical (unpaired) electrons. The maximum atomic E-state index is 10.5. The van der Waals surface area contributed by atoms with Gasteiger partial charge in [0.25, 0.3) is 0 Å². The second-order valence-electron chi connectivity index (χ2n) is 5.12. The number of aryl methyl sites for hydroxylation is 1. The van der Waals surface area contributed by atoms with Crippen LogP contribution in [0.2, 0.25) is 0 Å². The Morgan fingerprint density at radius 3 is 2.81 bits per heavy atom. The quantitative estimate of drug-likeness (QED) is 0.825. The van der Waals surface area contributed by atoms with Crippen molar-refractivity contribution in [2.24, 2.45) is 0 Å². The van der Waals surface area contributed by atoms with Gasteiger partial charge in [0.15, 0.2) is 0 Å². The predicted octanol–water partition coefficient (Wildman–Crippen LogP) is 3.79. The molecule has 0 atom stereocenters. The topological polar surface area (TPSA) is 40.5 Å². The number of carboxylic acids is 1. The van der Waals surface area contributed by atoms with Gasteiger partial charge in [0.2, 0.25) is 0 Å². The van der Waals surface area contributed by atoms with Gasteiger partial charge in [-0.2, -0.15) is 0 Å². The molecule has 0 bridgehead atoms. The lowest BCUT2D eigenvalue weighted by Gasteiger charge is -2.17. The molecule has 0 saturated carbocycles. The summed E-state index contributed by atoms with van der Waals surface area (Å²) in [5.41, 5.74) is 3.59. The first kappa shape index (κ1) is 15.5. The van der Waals surface area contributed by atoms with Crippen molar-refractivity contribution in [1.82, 2.24) is 4.90 Å². The highest BCUT2D eigenvalue weighted by atomic mass is 32.1. The van der Waals surface area contributed by atoms with Crippen LogP contribution in [-0.4, -0.2) is 23.0 Å². The summed E-state index contributed by atoms with van der Waals surface area (Å²) in [7, 11) is 2.10. The fraction of sp³-hybridized carbons (Fsp3) is 0.235. The number of carbonyl (C=O) groups is 1. The number of thiophene rings is 1. The fourth-order valence-corrected chi connectivity index (χ4v) is 3.07. The average Bonchev–Trinajstić information content (AvgIpc) is 2.86. The van der Waals surface area contributed by atoms with Gasteiger partial charge < -0.3 is 5.11 Å². The zero-order valence-corrected chi connectivity index (χ0v) is 13.1. The number of hydrogen-bond donors (Lipinski definition) is 1. The number of aliphatic carboxylic acids is 1. The highest BCUT2D eigenvalue weighted by Gasteiger charge is 2.05. The van der Waals surface area contributed by atoms with Gasteiger partial charge in [0.1, 0.15) is 0 Å². The SMILES string of the molecule is Cc1ccccc1CN(C)Cc1cc(C=CC(=O)O)cs1. The first-order valence-corrected chi connectivity index (χ1v) is 7.64. The molecule has 0 aliphatic carbocycles. The molecule has 0 unspecified atom stereocenters. The summed E-state index contributed by atoms with van der Waals surface area (Å²) >= 11 is 1.66. The normalized spacial score (nSPS) is 11.4.